The maximum atomic E-state index is 13.6. The maximum absolute atomic E-state index is 13.6. The first-order valence-electron chi connectivity index (χ1n) is 9.71. The molecule has 0 aliphatic carbocycles. The van der Waals surface area contributed by atoms with Crippen molar-refractivity contribution in [3.8, 4) is 6.07 Å². The largest absolute Gasteiger partial charge is 0.380 e. The molecule has 0 spiro atoms. The number of fused-ring (bicyclic) bond motifs is 1. The van der Waals surface area contributed by atoms with Crippen LogP contribution < -0.4 is 5.32 Å². The molecule has 2 aromatic rings. The molecule has 1 aromatic heterocycles. The second-order valence-electron chi connectivity index (χ2n) is 7.77. The van der Waals surface area contributed by atoms with Crippen LogP contribution >= 0.6 is 0 Å². The fourth-order valence-corrected chi connectivity index (χ4v) is 4.16. The number of rotatable bonds is 4. The van der Waals surface area contributed by atoms with Crippen LogP contribution in [0.3, 0.4) is 0 Å². The molecule has 3 heterocycles. The number of carbonyl (C=O) groups is 1. The van der Waals surface area contributed by atoms with Crippen molar-refractivity contribution in [2.24, 2.45) is 0 Å². The van der Waals surface area contributed by atoms with Crippen molar-refractivity contribution >= 4 is 22.5 Å². The predicted molar refractivity (Wildman–Crippen MR) is 106 cm³/mol. The van der Waals surface area contributed by atoms with Crippen molar-refractivity contribution in [1.82, 2.24) is 14.8 Å². The van der Waals surface area contributed by atoms with Crippen LogP contribution in [0.15, 0.2) is 30.5 Å². The summed E-state index contributed by atoms with van der Waals surface area (Å²) in [5.41, 5.74) is 3.12. The molecule has 2 saturated heterocycles. The summed E-state index contributed by atoms with van der Waals surface area (Å²) in [6.45, 7) is 3.84. The van der Waals surface area contributed by atoms with Gasteiger partial charge in [-0.1, -0.05) is 6.07 Å². The first-order chi connectivity index (χ1) is 13.5. The third-order valence-corrected chi connectivity index (χ3v) is 5.57. The van der Waals surface area contributed by atoms with Gasteiger partial charge < -0.3 is 10.2 Å². The topological polar surface area (TPSA) is 72.3 Å². The average molecular weight is 381 g/mol. The SMILES string of the molecule is Cc1cnc2cccc(N[C@@H]3CCN(CC(=O)N4C[C@@H](F)CC4C#N)C3)c2c1. The van der Waals surface area contributed by atoms with Crippen LogP contribution in [0.1, 0.15) is 18.4 Å². The molecule has 0 radical (unpaired) electrons. The van der Waals surface area contributed by atoms with E-state index >= 15 is 0 Å². The zero-order valence-electron chi connectivity index (χ0n) is 15.9. The van der Waals surface area contributed by atoms with Gasteiger partial charge in [-0.15, -0.1) is 0 Å². The number of aromatic nitrogens is 1. The number of amides is 1. The maximum Gasteiger partial charge on any atom is 0.237 e. The summed E-state index contributed by atoms with van der Waals surface area (Å²) in [5, 5.41) is 13.8. The van der Waals surface area contributed by atoms with Crippen molar-refractivity contribution in [2.75, 3.05) is 31.5 Å². The number of hydrogen-bond acceptors (Lipinski definition) is 5. The Hall–Kier alpha value is -2.72. The molecule has 28 heavy (non-hydrogen) atoms. The van der Waals surface area contributed by atoms with Gasteiger partial charge in [0.15, 0.2) is 0 Å². The van der Waals surface area contributed by atoms with Crippen molar-refractivity contribution in [1.29, 1.82) is 5.26 Å². The van der Waals surface area contributed by atoms with Crippen LogP contribution in [-0.2, 0) is 4.79 Å². The van der Waals surface area contributed by atoms with E-state index in [2.05, 4.69) is 27.3 Å². The number of pyridine rings is 1. The zero-order valence-corrected chi connectivity index (χ0v) is 15.9. The minimum atomic E-state index is -1.09. The summed E-state index contributed by atoms with van der Waals surface area (Å²) in [6.07, 6.45) is 1.83. The number of nitrogens with zero attached hydrogens (tertiary/aromatic N) is 4. The van der Waals surface area contributed by atoms with E-state index in [1.807, 2.05) is 31.3 Å². The minimum absolute atomic E-state index is 0.0366. The molecule has 7 heteroatoms. The van der Waals surface area contributed by atoms with Gasteiger partial charge in [0.25, 0.3) is 0 Å². The van der Waals surface area contributed by atoms with Crippen LogP contribution in [0, 0.1) is 18.3 Å². The molecular formula is C21H24FN5O. The Morgan fingerprint density at radius 3 is 3.11 bits per heavy atom. The standard InChI is InChI=1S/C21H24FN5O/c1-14-7-18-19(24-10-14)3-2-4-20(18)25-16-5-6-26(12-16)13-21(28)27-11-15(22)8-17(27)9-23/h2-4,7,10,15-17,25H,5-6,8,11-13H2,1H3/t15-,16+,17?/m0/s1. The van der Waals surface area contributed by atoms with E-state index in [1.54, 1.807) is 0 Å². The van der Waals surface area contributed by atoms with Crippen molar-refractivity contribution in [3.63, 3.8) is 0 Å². The summed E-state index contributed by atoms with van der Waals surface area (Å²) in [6, 6.07) is 9.82. The Labute approximate surface area is 163 Å². The van der Waals surface area contributed by atoms with E-state index in [9.17, 15) is 9.18 Å². The molecular weight excluding hydrogens is 357 g/mol. The molecule has 2 fully saturated rings. The van der Waals surface area contributed by atoms with Crippen LogP contribution in [-0.4, -0.2) is 65.1 Å². The Balaban J connectivity index is 1.38. The lowest BCUT2D eigenvalue weighted by Gasteiger charge is -2.23. The van der Waals surface area contributed by atoms with Crippen LogP contribution in [0.25, 0.3) is 10.9 Å². The lowest BCUT2D eigenvalue weighted by atomic mass is 10.1. The molecule has 6 nitrogen and oxygen atoms in total. The minimum Gasteiger partial charge on any atom is -0.380 e. The lowest BCUT2D eigenvalue weighted by molar-refractivity contribution is -0.132. The van der Waals surface area contributed by atoms with E-state index in [0.29, 0.717) is 0 Å². The highest BCUT2D eigenvalue weighted by Gasteiger charge is 2.36. The van der Waals surface area contributed by atoms with E-state index in [0.717, 1.165) is 41.7 Å². The summed E-state index contributed by atoms with van der Waals surface area (Å²) in [7, 11) is 0. The highest BCUT2D eigenvalue weighted by Crippen LogP contribution is 2.26. The lowest BCUT2D eigenvalue weighted by Crippen LogP contribution is -2.42. The quantitative estimate of drug-likeness (QED) is 0.881. The van der Waals surface area contributed by atoms with Gasteiger partial charge in [0.05, 0.1) is 24.7 Å². The number of anilines is 1. The molecule has 1 aromatic carbocycles. The number of hydrogen-bond donors (Lipinski definition) is 1. The molecule has 4 rings (SSSR count). The van der Waals surface area contributed by atoms with E-state index in [1.165, 1.54) is 4.90 Å². The number of likely N-dealkylation sites (tertiary alicyclic amines) is 2. The molecule has 0 bridgehead atoms. The summed E-state index contributed by atoms with van der Waals surface area (Å²) in [4.78, 5) is 20.5. The number of aryl methyl sites for hydroxylation is 1. The van der Waals surface area contributed by atoms with Crippen LogP contribution in [0.2, 0.25) is 0 Å². The highest BCUT2D eigenvalue weighted by molar-refractivity contribution is 5.91. The third kappa shape index (κ3) is 3.78. The van der Waals surface area contributed by atoms with E-state index in [-0.39, 0.29) is 31.5 Å². The summed E-state index contributed by atoms with van der Waals surface area (Å²) < 4.78 is 13.6. The number of carbonyl (C=O) groups excluding carboxylic acids is 1. The number of nitrogens with one attached hydrogen (secondary N) is 1. The van der Waals surface area contributed by atoms with Gasteiger partial charge in [-0.05, 0) is 37.1 Å². The second kappa shape index (κ2) is 7.72. The van der Waals surface area contributed by atoms with Crippen LogP contribution in [0.5, 0.6) is 0 Å². The van der Waals surface area contributed by atoms with Gasteiger partial charge in [-0.25, -0.2) is 4.39 Å². The molecule has 3 atom stereocenters. The average Bonchev–Trinajstić information content (AvgIpc) is 3.28. The molecule has 0 saturated carbocycles. The fraction of sp³-hybridized carbons (Fsp3) is 0.476. The first-order valence-corrected chi connectivity index (χ1v) is 9.71. The number of nitriles is 1. The molecule has 146 valence electrons. The predicted octanol–water partition coefficient (Wildman–Crippen LogP) is 2.49. The number of benzene rings is 1. The van der Waals surface area contributed by atoms with Crippen LogP contribution in [0.4, 0.5) is 10.1 Å². The Morgan fingerprint density at radius 1 is 1.43 bits per heavy atom. The van der Waals surface area contributed by atoms with E-state index in [4.69, 9.17) is 5.26 Å². The third-order valence-electron chi connectivity index (χ3n) is 5.57. The highest BCUT2D eigenvalue weighted by atomic mass is 19.1. The zero-order chi connectivity index (χ0) is 19.7. The van der Waals surface area contributed by atoms with Gasteiger partial charge in [-0.3, -0.25) is 14.7 Å². The van der Waals surface area contributed by atoms with Gasteiger partial charge >= 0.3 is 0 Å². The summed E-state index contributed by atoms with van der Waals surface area (Å²) >= 11 is 0. The Kier molecular flexibility index (Phi) is 5.14. The van der Waals surface area contributed by atoms with E-state index < -0.39 is 12.2 Å². The van der Waals surface area contributed by atoms with Gasteiger partial charge in [0.1, 0.15) is 12.2 Å². The Bertz CT molecular complexity index is 927. The Morgan fingerprint density at radius 2 is 2.29 bits per heavy atom. The summed E-state index contributed by atoms with van der Waals surface area (Å²) in [5.74, 6) is -0.155. The molecule has 1 N–H and O–H groups in total. The normalized spacial score (nSPS) is 25.2. The first kappa shape index (κ1) is 18.6. The second-order valence-corrected chi connectivity index (χ2v) is 7.77. The van der Waals surface area contributed by atoms with Gasteiger partial charge in [0.2, 0.25) is 5.91 Å². The van der Waals surface area contributed by atoms with Crippen molar-refractivity contribution < 1.29 is 9.18 Å². The van der Waals surface area contributed by atoms with Crippen molar-refractivity contribution in [2.45, 2.75) is 38.0 Å². The number of alkyl halides is 1. The van der Waals surface area contributed by atoms with Gasteiger partial charge in [0, 0.05) is 42.8 Å². The molecule has 1 unspecified atom stereocenters. The molecule has 1 amide bonds. The molecule has 2 aliphatic rings. The smallest absolute Gasteiger partial charge is 0.237 e. The van der Waals surface area contributed by atoms with Gasteiger partial charge in [-0.2, -0.15) is 5.26 Å². The fourth-order valence-electron chi connectivity index (χ4n) is 4.16. The molecule has 2 aliphatic heterocycles. The monoisotopic (exact) mass is 381 g/mol. The van der Waals surface area contributed by atoms with Crippen molar-refractivity contribution in [3.05, 3.63) is 36.0 Å². The number of halogens is 1.